The van der Waals surface area contributed by atoms with Gasteiger partial charge in [0, 0.05) is 19.6 Å². The maximum Gasteiger partial charge on any atom is 0.325 e. The van der Waals surface area contributed by atoms with Gasteiger partial charge in [-0.05, 0) is 32.7 Å². The molecule has 1 aromatic rings. The van der Waals surface area contributed by atoms with Crippen molar-refractivity contribution in [2.45, 2.75) is 37.9 Å². The summed E-state index contributed by atoms with van der Waals surface area (Å²) in [6.07, 6.45) is 1.95. The molecule has 2 saturated heterocycles. The molecule has 138 valence electrons. The first-order valence-electron chi connectivity index (χ1n) is 8.36. The van der Waals surface area contributed by atoms with E-state index in [2.05, 4.69) is 25.7 Å². The second kappa shape index (κ2) is 6.54. The van der Waals surface area contributed by atoms with Gasteiger partial charge in [0.1, 0.15) is 12.1 Å². The fourth-order valence-electron chi connectivity index (χ4n) is 3.49. The van der Waals surface area contributed by atoms with Crippen molar-refractivity contribution in [2.75, 3.05) is 26.7 Å². The van der Waals surface area contributed by atoms with E-state index in [1.54, 1.807) is 6.92 Å². The summed E-state index contributed by atoms with van der Waals surface area (Å²) in [6, 6.07) is -0.346. The van der Waals surface area contributed by atoms with E-state index in [0.29, 0.717) is 5.82 Å². The average molecular weight is 371 g/mol. The summed E-state index contributed by atoms with van der Waals surface area (Å²) < 4.78 is 5.28. The molecule has 2 N–H and O–H groups in total. The van der Waals surface area contributed by atoms with Crippen molar-refractivity contribution in [2.24, 2.45) is 5.92 Å². The highest BCUT2D eigenvalue weighted by atomic mass is 35.5. The van der Waals surface area contributed by atoms with Crippen molar-refractivity contribution in [3.8, 4) is 0 Å². The lowest BCUT2D eigenvalue weighted by Gasteiger charge is -2.30. The molecule has 0 aromatic carbocycles. The van der Waals surface area contributed by atoms with Crippen LogP contribution in [0.1, 0.15) is 37.5 Å². The molecule has 4 rings (SSSR count). The average Bonchev–Trinajstić information content (AvgIpc) is 3.28. The van der Waals surface area contributed by atoms with Gasteiger partial charge in [-0.25, -0.2) is 4.79 Å². The zero-order valence-electron chi connectivity index (χ0n) is 14.3. The number of aromatic nitrogens is 2. The number of carbonyl (C=O) groups excluding carboxylic acids is 2. The van der Waals surface area contributed by atoms with E-state index < -0.39 is 5.54 Å². The number of nitrogens with one attached hydrogen (secondary N) is 2. The zero-order chi connectivity index (χ0) is 16.9. The van der Waals surface area contributed by atoms with Gasteiger partial charge in [-0.15, -0.1) is 12.4 Å². The Balaban J connectivity index is 0.00000182. The summed E-state index contributed by atoms with van der Waals surface area (Å²) in [5, 5.41) is 10.1. The van der Waals surface area contributed by atoms with Crippen LogP contribution in [0.2, 0.25) is 0 Å². The number of halogens is 1. The van der Waals surface area contributed by atoms with Crippen LogP contribution in [-0.4, -0.2) is 64.1 Å². The van der Waals surface area contributed by atoms with Gasteiger partial charge in [0.15, 0.2) is 5.82 Å². The van der Waals surface area contributed by atoms with Gasteiger partial charge in [-0.3, -0.25) is 14.6 Å². The molecule has 0 spiro atoms. The normalized spacial score (nSPS) is 30.3. The highest BCUT2D eigenvalue weighted by Gasteiger charge is 2.56. The van der Waals surface area contributed by atoms with Gasteiger partial charge in [0.05, 0.1) is 6.04 Å². The predicted octanol–water partition coefficient (Wildman–Crippen LogP) is 0.288. The lowest BCUT2D eigenvalue weighted by atomic mass is 9.96. The summed E-state index contributed by atoms with van der Waals surface area (Å²) in [7, 11) is 2.01. The zero-order valence-corrected chi connectivity index (χ0v) is 15.1. The van der Waals surface area contributed by atoms with Gasteiger partial charge < -0.3 is 15.2 Å². The van der Waals surface area contributed by atoms with Crippen molar-refractivity contribution >= 4 is 24.3 Å². The van der Waals surface area contributed by atoms with Crippen molar-refractivity contribution in [1.29, 1.82) is 0 Å². The number of imide groups is 1. The van der Waals surface area contributed by atoms with E-state index in [4.69, 9.17) is 4.52 Å². The molecule has 9 nitrogen and oxygen atoms in total. The molecule has 0 radical (unpaired) electrons. The maximum atomic E-state index is 12.6. The number of nitrogens with zero attached hydrogens (tertiary/aromatic N) is 4. The monoisotopic (exact) mass is 370 g/mol. The van der Waals surface area contributed by atoms with Gasteiger partial charge in [-0.2, -0.15) is 4.98 Å². The third kappa shape index (κ3) is 3.11. The minimum Gasteiger partial charge on any atom is -0.337 e. The first-order valence-corrected chi connectivity index (χ1v) is 8.36. The molecule has 2 aliphatic heterocycles. The fraction of sp³-hybridized carbons (Fsp3) is 0.733. The Morgan fingerprint density at radius 1 is 1.36 bits per heavy atom. The summed E-state index contributed by atoms with van der Waals surface area (Å²) in [5.41, 5.74) is -0.784. The molecule has 10 heteroatoms. The maximum absolute atomic E-state index is 12.6. The number of amides is 3. The number of urea groups is 1. The Morgan fingerprint density at radius 3 is 2.80 bits per heavy atom. The highest BCUT2D eigenvalue weighted by Crippen LogP contribution is 2.42. The topological polar surface area (TPSA) is 104 Å². The molecule has 1 aliphatic carbocycles. The van der Waals surface area contributed by atoms with Crippen LogP contribution in [0.5, 0.6) is 0 Å². The second-order valence-corrected chi connectivity index (χ2v) is 7.04. The molecule has 2 unspecified atom stereocenters. The Kier molecular flexibility index (Phi) is 4.74. The van der Waals surface area contributed by atoms with Crippen LogP contribution in [0.4, 0.5) is 4.79 Å². The molecule has 25 heavy (non-hydrogen) atoms. The summed E-state index contributed by atoms with van der Waals surface area (Å²) >= 11 is 0. The molecule has 0 bridgehead atoms. The summed E-state index contributed by atoms with van der Waals surface area (Å²) in [4.78, 5) is 32.5. The quantitative estimate of drug-likeness (QED) is 0.734. The Labute approximate surface area is 151 Å². The van der Waals surface area contributed by atoms with E-state index in [1.807, 2.05) is 7.05 Å². The highest BCUT2D eigenvalue weighted by molar-refractivity contribution is 6.07. The van der Waals surface area contributed by atoms with Gasteiger partial charge in [0.25, 0.3) is 5.91 Å². The van der Waals surface area contributed by atoms with Crippen molar-refractivity contribution in [1.82, 2.24) is 30.6 Å². The van der Waals surface area contributed by atoms with Gasteiger partial charge in [-0.1, -0.05) is 5.16 Å². The first kappa shape index (κ1) is 18.1. The molecule has 1 aromatic heterocycles. The predicted molar refractivity (Wildman–Crippen MR) is 90.0 cm³/mol. The van der Waals surface area contributed by atoms with Crippen molar-refractivity contribution in [3.63, 3.8) is 0 Å². The molecule has 2 atom stereocenters. The molecular weight excluding hydrogens is 348 g/mol. The Hall–Kier alpha value is -1.71. The molecule has 3 fully saturated rings. The number of rotatable bonds is 4. The van der Waals surface area contributed by atoms with Crippen LogP contribution in [0.3, 0.4) is 0 Å². The van der Waals surface area contributed by atoms with E-state index in [0.717, 1.165) is 32.5 Å². The number of carbonyl (C=O) groups is 2. The van der Waals surface area contributed by atoms with Gasteiger partial charge in [0.2, 0.25) is 5.89 Å². The van der Waals surface area contributed by atoms with Crippen LogP contribution in [-0.2, 0) is 11.3 Å². The van der Waals surface area contributed by atoms with Crippen LogP contribution < -0.4 is 10.6 Å². The lowest BCUT2D eigenvalue weighted by molar-refractivity contribution is -0.132. The molecule has 3 aliphatic rings. The minimum atomic E-state index is -0.784. The van der Waals surface area contributed by atoms with Crippen molar-refractivity contribution < 1.29 is 14.1 Å². The second-order valence-electron chi connectivity index (χ2n) is 7.04. The Morgan fingerprint density at radius 2 is 2.12 bits per heavy atom. The smallest absolute Gasteiger partial charge is 0.325 e. The number of hydrogen-bond donors (Lipinski definition) is 2. The van der Waals surface area contributed by atoms with E-state index in [1.165, 1.54) is 4.90 Å². The van der Waals surface area contributed by atoms with E-state index >= 15 is 0 Å². The number of likely N-dealkylation sites (N-methyl/N-ethyl adjacent to an activating group) is 1. The van der Waals surface area contributed by atoms with Crippen molar-refractivity contribution in [3.05, 3.63) is 11.7 Å². The molecule has 1 saturated carbocycles. The molecular formula is C15H23ClN6O3. The van der Waals surface area contributed by atoms with Crippen LogP contribution in [0.25, 0.3) is 0 Å². The number of hydrogen-bond acceptors (Lipinski definition) is 7. The van der Waals surface area contributed by atoms with Crippen LogP contribution in [0.15, 0.2) is 4.52 Å². The Bertz CT molecular complexity index is 678. The molecule has 3 amide bonds. The minimum absolute atomic E-state index is 0. The standard InChI is InChI=1S/C15H22N6O3.ClH/c1-15(9-3-4-9)13(22)21(14(23)18-15)8-11-17-12(19-24-11)10-7-16-5-6-20(10)2;/h9-10,16H,3-8H2,1-2H3,(H,18,23);1H. The fourth-order valence-corrected chi connectivity index (χ4v) is 3.49. The first-order chi connectivity index (χ1) is 11.5. The summed E-state index contributed by atoms with van der Waals surface area (Å²) in [5.74, 6) is 0.898. The third-order valence-corrected chi connectivity index (χ3v) is 5.28. The molecule has 3 heterocycles. The number of piperazine rings is 1. The SMILES string of the molecule is CN1CCNCC1c1noc(CN2C(=O)NC(C)(C3CC3)C2=O)n1.Cl. The van der Waals surface area contributed by atoms with Crippen LogP contribution in [0, 0.1) is 5.92 Å². The largest absolute Gasteiger partial charge is 0.337 e. The van der Waals surface area contributed by atoms with E-state index in [9.17, 15) is 9.59 Å². The van der Waals surface area contributed by atoms with E-state index in [-0.39, 0.29) is 48.7 Å². The lowest BCUT2D eigenvalue weighted by Crippen LogP contribution is -2.46. The third-order valence-electron chi connectivity index (χ3n) is 5.28. The van der Waals surface area contributed by atoms with Gasteiger partial charge >= 0.3 is 6.03 Å². The van der Waals surface area contributed by atoms with Crippen LogP contribution >= 0.6 is 12.4 Å². The summed E-state index contributed by atoms with van der Waals surface area (Å²) in [6.45, 7) is 4.40.